The second-order valence-electron chi connectivity index (χ2n) is 6.51. The van der Waals surface area contributed by atoms with Crippen molar-refractivity contribution in [1.82, 2.24) is 0 Å². The maximum atomic E-state index is 12.5. The van der Waals surface area contributed by atoms with Gasteiger partial charge in [0.2, 0.25) is 0 Å². The monoisotopic (exact) mass is 379 g/mol. The number of amides is 1. The lowest BCUT2D eigenvalue weighted by atomic mass is 10.1. The van der Waals surface area contributed by atoms with Gasteiger partial charge in [-0.25, -0.2) is 0 Å². The number of carbonyl (C=O) groups is 2. The fraction of sp³-hybridized carbons (Fsp3) is 0.579. The molecule has 1 aromatic carbocycles. The van der Waals surface area contributed by atoms with Crippen molar-refractivity contribution in [2.24, 2.45) is 0 Å². The molecule has 8 heteroatoms. The van der Waals surface area contributed by atoms with Crippen LogP contribution in [0.1, 0.15) is 25.3 Å². The van der Waals surface area contributed by atoms with Gasteiger partial charge >= 0.3 is 5.97 Å². The van der Waals surface area contributed by atoms with Gasteiger partial charge in [-0.1, -0.05) is 0 Å². The lowest BCUT2D eigenvalue weighted by Crippen LogP contribution is -2.31. The van der Waals surface area contributed by atoms with E-state index in [-0.39, 0.29) is 18.4 Å². The molecule has 0 radical (unpaired) electrons. The van der Waals surface area contributed by atoms with Crippen LogP contribution >= 0.6 is 0 Å². The quantitative estimate of drug-likeness (QED) is 0.721. The predicted octanol–water partition coefficient (Wildman–Crippen LogP) is 1.70. The van der Waals surface area contributed by atoms with Gasteiger partial charge in [0.15, 0.2) is 11.5 Å². The summed E-state index contributed by atoms with van der Waals surface area (Å²) >= 11 is 0. The Balaban J connectivity index is 1.69. The first-order valence-corrected chi connectivity index (χ1v) is 9.10. The summed E-state index contributed by atoms with van der Waals surface area (Å²) in [6.07, 6.45) is 1.36. The topological polar surface area (TPSA) is 92.3 Å². The standard InChI is InChI=1S/C19H25NO7/c1-12(27-11-14-4-3-5-24-14)19(22)20-15-10-17-16(25-6-7-26-17)8-13(15)9-18(21)23-2/h8,10,12,14H,3-7,9,11H2,1-2H3,(H,20,22)/t12-,14+/m1/s1. The van der Waals surface area contributed by atoms with Crippen molar-refractivity contribution in [3.63, 3.8) is 0 Å². The van der Waals surface area contributed by atoms with Crippen LogP contribution in [0.4, 0.5) is 5.69 Å². The zero-order valence-electron chi connectivity index (χ0n) is 15.6. The minimum absolute atomic E-state index is 0.00784. The summed E-state index contributed by atoms with van der Waals surface area (Å²) in [6.45, 7) is 3.66. The molecule has 2 aliphatic heterocycles. The van der Waals surface area contributed by atoms with Crippen LogP contribution in [0.25, 0.3) is 0 Å². The first-order valence-electron chi connectivity index (χ1n) is 9.10. The molecule has 2 atom stereocenters. The highest BCUT2D eigenvalue weighted by molar-refractivity contribution is 5.95. The third-order valence-corrected chi connectivity index (χ3v) is 4.51. The summed E-state index contributed by atoms with van der Waals surface area (Å²) in [7, 11) is 1.32. The van der Waals surface area contributed by atoms with Crippen molar-refractivity contribution in [2.75, 3.05) is 38.9 Å². The molecular weight excluding hydrogens is 354 g/mol. The van der Waals surface area contributed by atoms with Crippen molar-refractivity contribution in [2.45, 2.75) is 38.4 Å². The largest absolute Gasteiger partial charge is 0.486 e. The van der Waals surface area contributed by atoms with E-state index >= 15 is 0 Å². The summed E-state index contributed by atoms with van der Waals surface area (Å²) in [4.78, 5) is 24.3. The first kappa shape index (κ1) is 19.4. The van der Waals surface area contributed by atoms with Crippen LogP contribution in [0.5, 0.6) is 11.5 Å². The molecular formula is C19H25NO7. The SMILES string of the molecule is COC(=O)Cc1cc2c(cc1NC(=O)[C@@H](C)OC[C@@H]1CCCO1)OCCO2. The van der Waals surface area contributed by atoms with Gasteiger partial charge in [-0.3, -0.25) is 9.59 Å². The maximum Gasteiger partial charge on any atom is 0.310 e. The number of nitrogens with one attached hydrogen (secondary N) is 1. The van der Waals surface area contributed by atoms with Crippen LogP contribution < -0.4 is 14.8 Å². The molecule has 1 amide bonds. The summed E-state index contributed by atoms with van der Waals surface area (Å²) < 4.78 is 27.0. The Bertz CT molecular complexity index is 685. The smallest absolute Gasteiger partial charge is 0.310 e. The van der Waals surface area contributed by atoms with Gasteiger partial charge in [0.25, 0.3) is 5.91 Å². The van der Waals surface area contributed by atoms with Gasteiger partial charge in [0.05, 0.1) is 26.2 Å². The number of carbonyl (C=O) groups excluding carboxylic acids is 2. The Hall–Kier alpha value is -2.32. The molecule has 0 saturated carbocycles. The zero-order valence-corrected chi connectivity index (χ0v) is 15.6. The Morgan fingerprint density at radius 2 is 1.96 bits per heavy atom. The van der Waals surface area contributed by atoms with Gasteiger partial charge in [-0.05, 0) is 31.4 Å². The summed E-state index contributed by atoms with van der Waals surface area (Å²) in [5, 5.41) is 2.82. The summed E-state index contributed by atoms with van der Waals surface area (Å²) in [6, 6.07) is 3.36. The Morgan fingerprint density at radius 1 is 1.22 bits per heavy atom. The highest BCUT2D eigenvalue weighted by Crippen LogP contribution is 2.36. The van der Waals surface area contributed by atoms with Gasteiger partial charge in [0.1, 0.15) is 19.3 Å². The number of methoxy groups -OCH3 is 1. The molecule has 3 rings (SSSR count). The summed E-state index contributed by atoms with van der Waals surface area (Å²) in [5.74, 6) is 0.347. The number of esters is 1. The number of hydrogen-bond donors (Lipinski definition) is 1. The van der Waals surface area contributed by atoms with Crippen LogP contribution in [0, 0.1) is 0 Å². The van der Waals surface area contributed by atoms with Crippen LogP contribution in [-0.2, 0) is 30.2 Å². The Labute approximate surface area is 158 Å². The maximum absolute atomic E-state index is 12.5. The predicted molar refractivity (Wildman–Crippen MR) is 96.2 cm³/mol. The third kappa shape index (κ3) is 5.11. The average molecular weight is 379 g/mol. The summed E-state index contributed by atoms with van der Waals surface area (Å²) in [5.41, 5.74) is 1.06. The highest BCUT2D eigenvalue weighted by Gasteiger charge is 2.23. The van der Waals surface area contributed by atoms with Gasteiger partial charge in [-0.2, -0.15) is 0 Å². The van der Waals surface area contributed by atoms with Crippen molar-refractivity contribution in [1.29, 1.82) is 0 Å². The van der Waals surface area contributed by atoms with Crippen molar-refractivity contribution < 1.29 is 33.3 Å². The highest BCUT2D eigenvalue weighted by atomic mass is 16.6. The van der Waals surface area contributed by atoms with E-state index in [9.17, 15) is 9.59 Å². The molecule has 0 unspecified atom stereocenters. The molecule has 148 valence electrons. The fourth-order valence-corrected chi connectivity index (χ4v) is 2.96. The van der Waals surface area contributed by atoms with E-state index < -0.39 is 12.1 Å². The van der Waals surface area contributed by atoms with Crippen LogP contribution in [-0.4, -0.2) is 57.6 Å². The van der Waals surface area contributed by atoms with Gasteiger partial charge < -0.3 is 29.0 Å². The fourth-order valence-electron chi connectivity index (χ4n) is 2.96. The molecule has 0 bridgehead atoms. The van der Waals surface area contributed by atoms with Crippen molar-refractivity contribution in [3.8, 4) is 11.5 Å². The van der Waals surface area contributed by atoms with Gasteiger partial charge in [-0.15, -0.1) is 0 Å². The van der Waals surface area contributed by atoms with E-state index in [0.717, 1.165) is 19.4 Å². The van der Waals surface area contributed by atoms with E-state index in [0.29, 0.717) is 42.6 Å². The number of rotatable bonds is 7. The van der Waals surface area contributed by atoms with Crippen LogP contribution in [0.3, 0.4) is 0 Å². The molecule has 27 heavy (non-hydrogen) atoms. The Morgan fingerprint density at radius 3 is 2.63 bits per heavy atom. The molecule has 0 aliphatic carbocycles. The van der Waals surface area contributed by atoms with E-state index in [1.165, 1.54) is 7.11 Å². The van der Waals surface area contributed by atoms with Crippen molar-refractivity contribution in [3.05, 3.63) is 17.7 Å². The third-order valence-electron chi connectivity index (χ3n) is 4.51. The lowest BCUT2D eigenvalue weighted by molar-refractivity contribution is -0.139. The zero-order chi connectivity index (χ0) is 19.2. The van der Waals surface area contributed by atoms with Gasteiger partial charge in [0, 0.05) is 18.4 Å². The average Bonchev–Trinajstić information content (AvgIpc) is 3.19. The van der Waals surface area contributed by atoms with E-state index in [1.807, 2.05) is 0 Å². The number of ether oxygens (including phenoxy) is 5. The molecule has 1 N–H and O–H groups in total. The molecule has 1 aromatic rings. The molecule has 1 fully saturated rings. The van der Waals surface area contributed by atoms with E-state index in [1.54, 1.807) is 19.1 Å². The number of fused-ring (bicyclic) bond motifs is 1. The Kier molecular flexibility index (Phi) is 6.52. The lowest BCUT2D eigenvalue weighted by Gasteiger charge is -2.22. The minimum atomic E-state index is -0.659. The first-order chi connectivity index (χ1) is 13.1. The minimum Gasteiger partial charge on any atom is -0.486 e. The second kappa shape index (κ2) is 9.05. The molecule has 2 heterocycles. The van der Waals surface area contributed by atoms with Crippen molar-refractivity contribution >= 4 is 17.6 Å². The molecule has 2 aliphatic rings. The van der Waals surface area contributed by atoms with Crippen LogP contribution in [0.15, 0.2) is 12.1 Å². The molecule has 8 nitrogen and oxygen atoms in total. The van der Waals surface area contributed by atoms with E-state index in [4.69, 9.17) is 23.7 Å². The van der Waals surface area contributed by atoms with E-state index in [2.05, 4.69) is 5.32 Å². The molecule has 0 aromatic heterocycles. The number of benzene rings is 1. The number of anilines is 1. The molecule has 1 saturated heterocycles. The normalized spacial score (nSPS) is 19.4. The number of hydrogen-bond acceptors (Lipinski definition) is 7. The molecule has 0 spiro atoms. The second-order valence-corrected chi connectivity index (χ2v) is 6.51. The van der Waals surface area contributed by atoms with Crippen LogP contribution in [0.2, 0.25) is 0 Å².